The van der Waals surface area contributed by atoms with Crippen LogP contribution < -0.4 is 10.6 Å². The summed E-state index contributed by atoms with van der Waals surface area (Å²) >= 11 is 0. The number of benzene rings is 1. The lowest BCUT2D eigenvalue weighted by Gasteiger charge is -2.07. The zero-order valence-corrected chi connectivity index (χ0v) is 15.6. The SMILES string of the molecule is Cc1cc(C(=O)NCCc2c[nH]c3ccccc23)nc(Nc2cc(C)on2)n1. The van der Waals surface area contributed by atoms with E-state index in [9.17, 15) is 4.79 Å². The van der Waals surface area contributed by atoms with Crippen molar-refractivity contribution >= 4 is 28.6 Å². The van der Waals surface area contributed by atoms with E-state index in [0.29, 0.717) is 35.5 Å². The van der Waals surface area contributed by atoms with E-state index in [1.54, 1.807) is 19.1 Å². The molecule has 4 aromatic rings. The molecule has 0 aliphatic heterocycles. The number of anilines is 2. The van der Waals surface area contributed by atoms with E-state index in [1.807, 2.05) is 31.3 Å². The molecule has 0 aliphatic carbocycles. The fourth-order valence-electron chi connectivity index (χ4n) is 3.02. The van der Waals surface area contributed by atoms with Gasteiger partial charge in [0, 0.05) is 35.4 Å². The molecule has 0 bridgehead atoms. The monoisotopic (exact) mass is 376 g/mol. The minimum atomic E-state index is -0.246. The molecule has 1 amide bonds. The summed E-state index contributed by atoms with van der Waals surface area (Å²) in [6.45, 7) is 4.11. The Bertz CT molecular complexity index is 1130. The van der Waals surface area contributed by atoms with Gasteiger partial charge in [-0.1, -0.05) is 23.4 Å². The van der Waals surface area contributed by atoms with Gasteiger partial charge in [-0.05, 0) is 38.0 Å². The molecule has 4 rings (SSSR count). The molecule has 8 nitrogen and oxygen atoms in total. The number of hydrogen-bond donors (Lipinski definition) is 3. The number of carbonyl (C=O) groups is 1. The molecule has 142 valence electrons. The molecule has 0 atom stereocenters. The molecule has 0 radical (unpaired) electrons. The number of carbonyl (C=O) groups excluding carboxylic acids is 1. The van der Waals surface area contributed by atoms with Gasteiger partial charge in [0.15, 0.2) is 5.82 Å². The van der Waals surface area contributed by atoms with Crippen LogP contribution in [0.5, 0.6) is 0 Å². The lowest BCUT2D eigenvalue weighted by molar-refractivity contribution is 0.0949. The van der Waals surface area contributed by atoms with Crippen LogP contribution in [0.4, 0.5) is 11.8 Å². The van der Waals surface area contributed by atoms with Gasteiger partial charge in [-0.15, -0.1) is 0 Å². The van der Waals surface area contributed by atoms with Gasteiger partial charge in [-0.3, -0.25) is 4.79 Å². The third-order valence-electron chi connectivity index (χ3n) is 4.31. The maximum absolute atomic E-state index is 12.5. The molecule has 3 heterocycles. The molecule has 0 saturated carbocycles. The fourth-order valence-corrected chi connectivity index (χ4v) is 3.02. The number of fused-ring (bicyclic) bond motifs is 1. The third kappa shape index (κ3) is 3.85. The van der Waals surface area contributed by atoms with Crippen molar-refractivity contribution in [3.63, 3.8) is 0 Å². The zero-order chi connectivity index (χ0) is 19.5. The number of rotatable bonds is 6. The summed E-state index contributed by atoms with van der Waals surface area (Å²) in [5.41, 5.74) is 3.24. The van der Waals surface area contributed by atoms with Crippen LogP contribution in [0.2, 0.25) is 0 Å². The van der Waals surface area contributed by atoms with Gasteiger partial charge in [-0.2, -0.15) is 0 Å². The molecule has 0 fully saturated rings. The van der Waals surface area contributed by atoms with E-state index in [0.717, 1.165) is 11.9 Å². The minimum absolute atomic E-state index is 0.246. The first-order valence-electron chi connectivity index (χ1n) is 8.98. The van der Waals surface area contributed by atoms with Crippen molar-refractivity contribution in [3.8, 4) is 0 Å². The van der Waals surface area contributed by atoms with Crippen LogP contribution in [0.25, 0.3) is 10.9 Å². The van der Waals surface area contributed by atoms with Gasteiger partial charge in [0.05, 0.1) is 0 Å². The van der Waals surface area contributed by atoms with E-state index >= 15 is 0 Å². The van der Waals surface area contributed by atoms with Crippen molar-refractivity contribution in [1.29, 1.82) is 0 Å². The summed E-state index contributed by atoms with van der Waals surface area (Å²) in [6, 6.07) is 11.5. The van der Waals surface area contributed by atoms with E-state index in [2.05, 4.69) is 36.8 Å². The smallest absolute Gasteiger partial charge is 0.270 e. The third-order valence-corrected chi connectivity index (χ3v) is 4.31. The topological polar surface area (TPSA) is 109 Å². The molecule has 1 aromatic carbocycles. The molecule has 8 heteroatoms. The van der Waals surface area contributed by atoms with Crippen LogP contribution in [-0.4, -0.2) is 32.6 Å². The van der Waals surface area contributed by atoms with Crippen LogP contribution in [0, 0.1) is 13.8 Å². The quantitative estimate of drug-likeness (QED) is 0.476. The normalized spacial score (nSPS) is 10.9. The molecule has 0 unspecified atom stereocenters. The zero-order valence-electron chi connectivity index (χ0n) is 15.6. The van der Waals surface area contributed by atoms with Crippen molar-refractivity contribution in [1.82, 2.24) is 25.4 Å². The second kappa shape index (κ2) is 7.51. The molecule has 3 aromatic heterocycles. The average Bonchev–Trinajstić information content (AvgIpc) is 3.27. The lowest BCUT2D eigenvalue weighted by atomic mass is 10.1. The first-order valence-corrected chi connectivity index (χ1v) is 8.98. The Morgan fingerprint density at radius 1 is 1.18 bits per heavy atom. The van der Waals surface area contributed by atoms with Crippen molar-refractivity contribution in [2.45, 2.75) is 20.3 Å². The number of aryl methyl sites for hydroxylation is 2. The van der Waals surface area contributed by atoms with E-state index in [1.165, 1.54) is 10.9 Å². The highest BCUT2D eigenvalue weighted by Crippen LogP contribution is 2.18. The Morgan fingerprint density at radius 2 is 2.04 bits per heavy atom. The molecule has 0 aliphatic rings. The molecule has 0 saturated heterocycles. The minimum Gasteiger partial charge on any atom is -0.361 e. The highest BCUT2D eigenvalue weighted by Gasteiger charge is 2.12. The molecule has 0 spiro atoms. The Kier molecular flexibility index (Phi) is 4.76. The number of aromatic nitrogens is 4. The lowest BCUT2D eigenvalue weighted by Crippen LogP contribution is -2.27. The molecule has 28 heavy (non-hydrogen) atoms. The number of amides is 1. The second-order valence-electron chi connectivity index (χ2n) is 6.53. The molecule has 3 N–H and O–H groups in total. The van der Waals surface area contributed by atoms with Gasteiger partial charge in [0.25, 0.3) is 5.91 Å². The van der Waals surface area contributed by atoms with Crippen molar-refractivity contribution in [2.75, 3.05) is 11.9 Å². The number of hydrogen-bond acceptors (Lipinski definition) is 6. The van der Waals surface area contributed by atoms with Gasteiger partial charge >= 0.3 is 0 Å². The standard InChI is InChI=1S/C20H20N6O2/c1-12-9-17(24-20(23-12)25-18-10-13(2)28-26-18)19(27)21-8-7-14-11-22-16-6-4-3-5-15(14)16/h3-6,9-11,22H,7-8H2,1-2H3,(H,21,27)(H,23,24,25,26). The van der Waals surface area contributed by atoms with Crippen molar-refractivity contribution in [2.24, 2.45) is 0 Å². The number of aromatic amines is 1. The predicted octanol–water partition coefficient (Wildman–Crippen LogP) is 3.28. The van der Waals surface area contributed by atoms with Crippen LogP contribution in [0.3, 0.4) is 0 Å². The Morgan fingerprint density at radius 3 is 2.86 bits per heavy atom. The van der Waals surface area contributed by atoms with E-state index in [-0.39, 0.29) is 5.91 Å². The first kappa shape index (κ1) is 17.7. The summed E-state index contributed by atoms with van der Waals surface area (Å²) in [5, 5.41) is 10.9. The number of para-hydroxylation sites is 1. The van der Waals surface area contributed by atoms with Crippen LogP contribution in [0.1, 0.15) is 27.5 Å². The van der Waals surface area contributed by atoms with Crippen LogP contribution >= 0.6 is 0 Å². The number of nitrogens with zero attached hydrogens (tertiary/aromatic N) is 3. The van der Waals surface area contributed by atoms with Gasteiger partial charge in [0.2, 0.25) is 5.95 Å². The van der Waals surface area contributed by atoms with Gasteiger partial charge < -0.3 is 20.1 Å². The Balaban J connectivity index is 1.41. The molecular weight excluding hydrogens is 356 g/mol. The van der Waals surface area contributed by atoms with Gasteiger partial charge in [-0.25, -0.2) is 9.97 Å². The maximum atomic E-state index is 12.5. The van der Waals surface area contributed by atoms with Crippen LogP contribution in [0.15, 0.2) is 47.1 Å². The molecular formula is C20H20N6O2. The summed E-state index contributed by atoms with van der Waals surface area (Å²) < 4.78 is 5.01. The fraction of sp³-hybridized carbons (Fsp3) is 0.200. The highest BCUT2D eigenvalue weighted by molar-refractivity contribution is 5.92. The summed E-state index contributed by atoms with van der Waals surface area (Å²) in [5.74, 6) is 1.22. The first-order chi connectivity index (χ1) is 13.6. The summed E-state index contributed by atoms with van der Waals surface area (Å²) in [4.78, 5) is 24.3. The second-order valence-corrected chi connectivity index (χ2v) is 6.53. The summed E-state index contributed by atoms with van der Waals surface area (Å²) in [7, 11) is 0. The van der Waals surface area contributed by atoms with E-state index in [4.69, 9.17) is 4.52 Å². The largest absolute Gasteiger partial charge is 0.361 e. The number of H-pyrrole nitrogens is 1. The summed E-state index contributed by atoms with van der Waals surface area (Å²) in [6.07, 6.45) is 2.71. The Hall–Kier alpha value is -3.68. The van der Waals surface area contributed by atoms with Crippen LogP contribution in [-0.2, 0) is 6.42 Å². The van der Waals surface area contributed by atoms with Gasteiger partial charge in [0.1, 0.15) is 11.5 Å². The number of nitrogens with one attached hydrogen (secondary N) is 3. The van der Waals surface area contributed by atoms with Crippen molar-refractivity contribution in [3.05, 3.63) is 65.3 Å². The van der Waals surface area contributed by atoms with Crippen molar-refractivity contribution < 1.29 is 9.32 Å². The predicted molar refractivity (Wildman–Crippen MR) is 106 cm³/mol. The Labute approximate surface area is 161 Å². The average molecular weight is 376 g/mol. The van der Waals surface area contributed by atoms with E-state index < -0.39 is 0 Å². The maximum Gasteiger partial charge on any atom is 0.270 e. The highest BCUT2D eigenvalue weighted by atomic mass is 16.5.